The normalized spacial score (nSPS) is 10.9. The molecular formula is C16H23N7O2. The molecule has 9 nitrogen and oxygen atoms in total. The Morgan fingerprint density at radius 3 is 2.40 bits per heavy atom. The highest BCUT2D eigenvalue weighted by atomic mass is 16.5. The number of hydrogen-bond acceptors (Lipinski definition) is 8. The molecule has 0 bridgehead atoms. The first-order valence-electron chi connectivity index (χ1n) is 7.65. The van der Waals surface area contributed by atoms with Crippen LogP contribution in [0, 0.1) is 0 Å². The minimum atomic E-state index is -0.377. The zero-order valence-electron chi connectivity index (χ0n) is 14.7. The quantitative estimate of drug-likeness (QED) is 0.499. The summed E-state index contributed by atoms with van der Waals surface area (Å²) in [7, 11) is 1.50. The van der Waals surface area contributed by atoms with Crippen molar-refractivity contribution in [2.75, 3.05) is 23.7 Å². The lowest BCUT2D eigenvalue weighted by atomic mass is 10.1. The van der Waals surface area contributed by atoms with Crippen LogP contribution in [0.15, 0.2) is 30.6 Å². The summed E-state index contributed by atoms with van der Waals surface area (Å²) >= 11 is 0. The number of carbonyl (C=O) groups is 1. The van der Waals surface area contributed by atoms with Gasteiger partial charge in [-0.3, -0.25) is 15.6 Å². The maximum Gasteiger partial charge on any atom is 0.273 e. The molecule has 0 aliphatic rings. The zero-order chi connectivity index (χ0) is 18.4. The van der Waals surface area contributed by atoms with E-state index in [2.05, 4.69) is 31.7 Å². The van der Waals surface area contributed by atoms with Crippen LogP contribution >= 0.6 is 0 Å². The van der Waals surface area contributed by atoms with Crippen LogP contribution in [0.4, 0.5) is 17.3 Å². The predicted octanol–water partition coefficient (Wildman–Crippen LogP) is 1.54. The molecule has 2 rings (SSSR count). The standard InChI is InChI=1S/C16H23N7O2/c1-16(2,3)23-21-14-12(17)13(18-9-19-14)20-22-15(24)10-7-5-6-8-11(10)25-4/h5-9,23H,17H2,1-4H3,(H,22,24)(H2,18,19,20,21). The molecule has 0 spiro atoms. The number of aromatic nitrogens is 2. The molecule has 2 aromatic rings. The van der Waals surface area contributed by atoms with Crippen molar-refractivity contribution in [1.82, 2.24) is 20.8 Å². The second-order valence-corrected chi connectivity index (χ2v) is 6.26. The van der Waals surface area contributed by atoms with E-state index in [9.17, 15) is 4.79 Å². The van der Waals surface area contributed by atoms with Crippen LogP contribution < -0.4 is 32.2 Å². The fraction of sp³-hybridized carbons (Fsp3) is 0.312. The molecule has 0 saturated carbocycles. The summed E-state index contributed by atoms with van der Waals surface area (Å²) in [6.07, 6.45) is 1.33. The van der Waals surface area contributed by atoms with Crippen molar-refractivity contribution in [1.29, 1.82) is 0 Å². The van der Waals surface area contributed by atoms with Gasteiger partial charge in [0.15, 0.2) is 11.6 Å². The Hall–Kier alpha value is -3.07. The van der Waals surface area contributed by atoms with Crippen molar-refractivity contribution in [3.63, 3.8) is 0 Å². The van der Waals surface area contributed by atoms with Gasteiger partial charge in [0.2, 0.25) is 0 Å². The molecule has 0 unspecified atom stereocenters. The number of nitrogens with one attached hydrogen (secondary N) is 4. The minimum Gasteiger partial charge on any atom is -0.496 e. The number of carbonyl (C=O) groups excluding carboxylic acids is 1. The van der Waals surface area contributed by atoms with Gasteiger partial charge < -0.3 is 15.9 Å². The van der Waals surface area contributed by atoms with Crippen molar-refractivity contribution in [2.45, 2.75) is 26.3 Å². The molecule has 0 aliphatic heterocycles. The number of nitrogens with two attached hydrogens (primary N) is 1. The molecule has 1 amide bonds. The smallest absolute Gasteiger partial charge is 0.273 e. The first-order valence-corrected chi connectivity index (χ1v) is 7.65. The Morgan fingerprint density at radius 2 is 1.76 bits per heavy atom. The van der Waals surface area contributed by atoms with Crippen molar-refractivity contribution in [3.8, 4) is 5.75 Å². The Kier molecular flexibility index (Phi) is 5.60. The number of hydrazine groups is 2. The van der Waals surface area contributed by atoms with E-state index in [1.807, 2.05) is 20.8 Å². The maximum absolute atomic E-state index is 12.3. The van der Waals surface area contributed by atoms with Crippen LogP contribution in [-0.2, 0) is 0 Å². The maximum atomic E-state index is 12.3. The molecule has 0 radical (unpaired) electrons. The van der Waals surface area contributed by atoms with Crippen LogP contribution in [0.25, 0.3) is 0 Å². The minimum absolute atomic E-state index is 0.178. The van der Waals surface area contributed by atoms with Crippen LogP contribution in [0.5, 0.6) is 5.75 Å². The molecule has 25 heavy (non-hydrogen) atoms. The zero-order valence-corrected chi connectivity index (χ0v) is 14.7. The second-order valence-electron chi connectivity index (χ2n) is 6.26. The number of benzene rings is 1. The highest BCUT2D eigenvalue weighted by molar-refractivity contribution is 5.97. The first-order chi connectivity index (χ1) is 11.8. The number of ether oxygens (including phenoxy) is 1. The van der Waals surface area contributed by atoms with E-state index in [0.29, 0.717) is 17.1 Å². The first kappa shape index (κ1) is 18.3. The van der Waals surface area contributed by atoms with Gasteiger partial charge in [0.25, 0.3) is 5.91 Å². The fourth-order valence-corrected chi connectivity index (χ4v) is 1.86. The van der Waals surface area contributed by atoms with E-state index in [4.69, 9.17) is 10.5 Å². The molecule has 9 heteroatoms. The molecular weight excluding hydrogens is 322 g/mol. The van der Waals surface area contributed by atoms with Gasteiger partial charge in [-0.05, 0) is 32.9 Å². The largest absolute Gasteiger partial charge is 0.496 e. The molecule has 1 heterocycles. The average Bonchev–Trinajstić information content (AvgIpc) is 2.58. The van der Waals surface area contributed by atoms with Crippen LogP contribution in [-0.4, -0.2) is 28.5 Å². The molecule has 0 saturated heterocycles. The van der Waals surface area contributed by atoms with Gasteiger partial charge in [-0.25, -0.2) is 15.4 Å². The number of methoxy groups -OCH3 is 1. The van der Waals surface area contributed by atoms with Gasteiger partial charge in [0.05, 0.1) is 12.7 Å². The highest BCUT2D eigenvalue weighted by Gasteiger charge is 2.14. The van der Waals surface area contributed by atoms with Crippen LogP contribution in [0.1, 0.15) is 31.1 Å². The van der Waals surface area contributed by atoms with Gasteiger partial charge >= 0.3 is 0 Å². The third kappa shape index (κ3) is 4.95. The van der Waals surface area contributed by atoms with Crippen molar-refractivity contribution in [3.05, 3.63) is 36.2 Å². The van der Waals surface area contributed by atoms with E-state index in [1.54, 1.807) is 24.3 Å². The Morgan fingerprint density at radius 1 is 1.12 bits per heavy atom. The Balaban J connectivity index is 2.07. The molecule has 134 valence electrons. The molecule has 1 aromatic carbocycles. The van der Waals surface area contributed by atoms with E-state index in [-0.39, 0.29) is 23.0 Å². The lowest BCUT2D eigenvalue weighted by Gasteiger charge is -2.22. The van der Waals surface area contributed by atoms with E-state index >= 15 is 0 Å². The SMILES string of the molecule is COc1ccccc1C(=O)NNc1ncnc(NNC(C)(C)C)c1N. The van der Waals surface area contributed by atoms with Crippen LogP contribution in [0.3, 0.4) is 0 Å². The van der Waals surface area contributed by atoms with Crippen LogP contribution in [0.2, 0.25) is 0 Å². The van der Waals surface area contributed by atoms with Gasteiger partial charge in [0.1, 0.15) is 17.8 Å². The topological polar surface area (TPSA) is 126 Å². The van der Waals surface area contributed by atoms with Crippen molar-refractivity contribution >= 4 is 23.2 Å². The summed E-state index contributed by atoms with van der Waals surface area (Å²) in [5, 5.41) is 0. The number of rotatable bonds is 6. The van der Waals surface area contributed by atoms with Gasteiger partial charge in [-0.2, -0.15) is 0 Å². The Bertz CT molecular complexity index is 744. The van der Waals surface area contributed by atoms with Crippen molar-refractivity contribution in [2.24, 2.45) is 0 Å². The van der Waals surface area contributed by atoms with E-state index in [0.717, 1.165) is 0 Å². The lowest BCUT2D eigenvalue weighted by Crippen LogP contribution is -2.40. The third-order valence-corrected chi connectivity index (χ3v) is 3.09. The molecule has 0 aliphatic carbocycles. The monoisotopic (exact) mass is 345 g/mol. The summed E-state index contributed by atoms with van der Waals surface area (Å²) in [6, 6.07) is 6.88. The fourth-order valence-electron chi connectivity index (χ4n) is 1.86. The Labute approximate surface area is 146 Å². The van der Waals surface area contributed by atoms with Gasteiger partial charge in [-0.1, -0.05) is 12.1 Å². The van der Waals surface area contributed by atoms with E-state index in [1.165, 1.54) is 13.4 Å². The third-order valence-electron chi connectivity index (χ3n) is 3.09. The summed E-state index contributed by atoms with van der Waals surface area (Å²) in [5.74, 6) is 0.766. The number of nitrogen functional groups attached to an aromatic ring is 1. The summed E-state index contributed by atoms with van der Waals surface area (Å²) in [4.78, 5) is 20.4. The molecule has 0 atom stereocenters. The number of nitrogens with zero attached hydrogens (tertiary/aromatic N) is 2. The predicted molar refractivity (Wildman–Crippen MR) is 97.0 cm³/mol. The van der Waals surface area contributed by atoms with Gasteiger partial charge in [0, 0.05) is 5.54 Å². The molecule has 0 fully saturated rings. The number of anilines is 3. The van der Waals surface area contributed by atoms with E-state index < -0.39 is 0 Å². The summed E-state index contributed by atoms with van der Waals surface area (Å²) < 4.78 is 5.17. The average molecular weight is 345 g/mol. The second kappa shape index (κ2) is 7.67. The number of para-hydroxylation sites is 1. The molecule has 1 aromatic heterocycles. The summed E-state index contributed by atoms with van der Waals surface area (Å²) in [6.45, 7) is 5.97. The van der Waals surface area contributed by atoms with Crippen molar-refractivity contribution < 1.29 is 9.53 Å². The summed E-state index contributed by atoms with van der Waals surface area (Å²) in [5.41, 5.74) is 17.7. The van der Waals surface area contributed by atoms with Gasteiger partial charge in [-0.15, -0.1) is 0 Å². The number of hydrogen-bond donors (Lipinski definition) is 5. The molecule has 6 N–H and O–H groups in total. The lowest BCUT2D eigenvalue weighted by molar-refractivity contribution is 0.0959. The highest BCUT2D eigenvalue weighted by Crippen LogP contribution is 2.22. The number of amides is 1.